The average Bonchev–Trinajstić information content (AvgIpc) is 3.12. The van der Waals surface area contributed by atoms with E-state index in [0.29, 0.717) is 24.0 Å². The molecule has 2 aromatic carbocycles. The van der Waals surface area contributed by atoms with Gasteiger partial charge in [0.1, 0.15) is 6.61 Å². The fourth-order valence-corrected chi connectivity index (χ4v) is 3.55. The number of benzene rings is 2. The zero-order chi connectivity index (χ0) is 24.4. The van der Waals surface area contributed by atoms with E-state index in [9.17, 15) is 9.59 Å². The third-order valence-corrected chi connectivity index (χ3v) is 5.16. The van der Waals surface area contributed by atoms with Crippen LogP contribution < -0.4 is 14.2 Å². The number of carbonyl (C=O) groups is 2. The first-order valence-corrected chi connectivity index (χ1v) is 9.84. The Bertz CT molecular complexity index is 1060. The van der Waals surface area contributed by atoms with E-state index in [1.807, 2.05) is 6.07 Å². The molecule has 0 spiro atoms. The van der Waals surface area contributed by atoms with Gasteiger partial charge in [-0.15, -0.1) is 0 Å². The van der Waals surface area contributed by atoms with Crippen LogP contribution in [0.2, 0.25) is 0 Å². The van der Waals surface area contributed by atoms with Gasteiger partial charge in [-0.25, -0.2) is 0 Å². The summed E-state index contributed by atoms with van der Waals surface area (Å²) in [6, 6.07) is 8.64. The Morgan fingerprint density at radius 3 is 2.53 bits per heavy atom. The molecule has 0 fully saturated rings. The van der Waals surface area contributed by atoms with Gasteiger partial charge in [0.25, 0.3) is 0 Å². The fraction of sp³-hybridized carbons (Fsp3) is 0.417. The van der Waals surface area contributed by atoms with Gasteiger partial charge < -0.3 is 18.9 Å². The molecule has 0 amide bonds. The Hall–Kier alpha value is -3.02. The molecule has 0 atom stereocenters. The molecule has 0 aliphatic heterocycles. The van der Waals surface area contributed by atoms with Gasteiger partial charge in [-0.2, -0.15) is 0 Å². The van der Waals surface area contributed by atoms with Crippen molar-refractivity contribution >= 4 is 11.8 Å². The van der Waals surface area contributed by atoms with Gasteiger partial charge in [0.15, 0.2) is 17.3 Å². The van der Waals surface area contributed by atoms with Crippen LogP contribution in [-0.4, -0.2) is 39.1 Å². The number of Topliss-reactive ketones (excluding diaryl/α,β-unsaturated/α-hetero) is 1. The van der Waals surface area contributed by atoms with Gasteiger partial charge in [0.05, 0.1) is 30.3 Å². The molecule has 1 aliphatic carbocycles. The molecule has 2 aromatic rings. The summed E-state index contributed by atoms with van der Waals surface area (Å²) in [6.07, 6.45) is 1.02. The summed E-state index contributed by atoms with van der Waals surface area (Å²) in [5.41, 5.74) is 1.96. The van der Waals surface area contributed by atoms with E-state index in [4.69, 9.17) is 23.1 Å². The summed E-state index contributed by atoms with van der Waals surface area (Å²) in [5, 5.41) is 0. The fourth-order valence-electron chi connectivity index (χ4n) is 3.55. The number of esters is 1. The Balaban J connectivity index is 2.12. The molecule has 0 unspecified atom stereocenters. The van der Waals surface area contributed by atoms with E-state index >= 15 is 0 Å². The SMILES string of the molecule is [2H]C([2H])([2H])Oc1ccc(-c2cccc3c2CCC3=O)c(OCC(C)(C)C(=O)OCC)c1OC. The normalized spacial score (nSPS) is 14.9. The predicted octanol–water partition coefficient (Wildman–Crippen LogP) is 4.47. The van der Waals surface area contributed by atoms with Crippen LogP contribution in [0.4, 0.5) is 0 Å². The first-order valence-electron chi connectivity index (χ1n) is 11.3. The molecule has 0 N–H and O–H groups in total. The van der Waals surface area contributed by atoms with Gasteiger partial charge in [-0.1, -0.05) is 18.2 Å². The largest absolute Gasteiger partial charge is 0.493 e. The summed E-state index contributed by atoms with van der Waals surface area (Å²) >= 11 is 0. The molecule has 0 saturated heterocycles. The van der Waals surface area contributed by atoms with Crippen molar-refractivity contribution in [2.45, 2.75) is 33.6 Å². The molecule has 1 aliphatic rings. The number of rotatable bonds is 8. The Labute approximate surface area is 181 Å². The lowest BCUT2D eigenvalue weighted by Crippen LogP contribution is -2.33. The Morgan fingerprint density at radius 1 is 1.07 bits per heavy atom. The number of carbonyl (C=O) groups excluding carboxylic acids is 2. The van der Waals surface area contributed by atoms with E-state index in [1.165, 1.54) is 13.2 Å². The van der Waals surface area contributed by atoms with Crippen LogP contribution in [0, 0.1) is 5.41 Å². The minimum Gasteiger partial charge on any atom is -0.493 e. The minimum atomic E-state index is -2.70. The van der Waals surface area contributed by atoms with Crippen LogP contribution in [0.25, 0.3) is 11.1 Å². The van der Waals surface area contributed by atoms with E-state index in [2.05, 4.69) is 0 Å². The highest BCUT2D eigenvalue weighted by Crippen LogP contribution is 2.47. The van der Waals surface area contributed by atoms with Crippen molar-refractivity contribution in [1.82, 2.24) is 0 Å². The van der Waals surface area contributed by atoms with E-state index in [0.717, 1.165) is 11.1 Å². The molecular formula is C24H28O6. The molecular weight excluding hydrogens is 384 g/mol. The van der Waals surface area contributed by atoms with Crippen molar-refractivity contribution in [2.24, 2.45) is 5.41 Å². The van der Waals surface area contributed by atoms with E-state index in [-0.39, 0.29) is 36.2 Å². The van der Waals surface area contributed by atoms with E-state index in [1.54, 1.807) is 39.0 Å². The Kier molecular flexibility index (Phi) is 5.21. The number of ketones is 1. The van der Waals surface area contributed by atoms with E-state index < -0.39 is 18.4 Å². The molecule has 0 heterocycles. The zero-order valence-electron chi connectivity index (χ0n) is 20.7. The van der Waals surface area contributed by atoms with Crippen molar-refractivity contribution in [1.29, 1.82) is 0 Å². The number of fused-ring (bicyclic) bond motifs is 1. The lowest BCUT2D eigenvalue weighted by Gasteiger charge is -2.25. The second-order valence-electron chi connectivity index (χ2n) is 7.72. The number of hydrogen-bond donors (Lipinski definition) is 0. The van der Waals surface area contributed by atoms with Gasteiger partial charge in [-0.3, -0.25) is 9.59 Å². The lowest BCUT2D eigenvalue weighted by atomic mass is 9.94. The second-order valence-corrected chi connectivity index (χ2v) is 7.72. The first-order chi connectivity index (χ1) is 15.5. The summed E-state index contributed by atoms with van der Waals surface area (Å²) in [7, 11) is -1.32. The topological polar surface area (TPSA) is 71.1 Å². The monoisotopic (exact) mass is 415 g/mol. The van der Waals surface area contributed by atoms with Crippen molar-refractivity contribution < 1.29 is 32.6 Å². The van der Waals surface area contributed by atoms with Crippen LogP contribution in [0.5, 0.6) is 17.2 Å². The van der Waals surface area contributed by atoms with Crippen molar-refractivity contribution in [3.05, 3.63) is 41.5 Å². The zero-order valence-corrected chi connectivity index (χ0v) is 17.7. The van der Waals surface area contributed by atoms with Crippen molar-refractivity contribution in [3.8, 4) is 28.4 Å². The summed E-state index contributed by atoms with van der Waals surface area (Å²) in [5.74, 6) is -0.0536. The van der Waals surface area contributed by atoms with Crippen LogP contribution in [-0.2, 0) is 16.0 Å². The quantitative estimate of drug-likeness (QED) is 0.593. The van der Waals surface area contributed by atoms with Crippen molar-refractivity contribution in [2.75, 3.05) is 27.4 Å². The standard InChI is InChI=1S/C24H28O6/c1-6-29-23(26)24(2,3)14-30-21-18(11-13-20(27-4)22(21)28-5)15-8-7-9-17-16(15)10-12-19(17)25/h7-9,11,13H,6,10,12,14H2,1-5H3/i4D3. The predicted molar refractivity (Wildman–Crippen MR) is 114 cm³/mol. The number of methoxy groups -OCH3 is 2. The van der Waals surface area contributed by atoms with Gasteiger partial charge in [0, 0.05) is 17.5 Å². The van der Waals surface area contributed by atoms with Crippen LogP contribution in [0.3, 0.4) is 0 Å². The number of ether oxygens (including phenoxy) is 4. The van der Waals surface area contributed by atoms with Crippen molar-refractivity contribution in [3.63, 3.8) is 0 Å². The maximum absolute atomic E-state index is 12.4. The molecule has 160 valence electrons. The molecule has 0 aromatic heterocycles. The third kappa shape index (κ3) is 3.99. The smallest absolute Gasteiger partial charge is 0.314 e. The van der Waals surface area contributed by atoms with Crippen LogP contribution in [0.15, 0.2) is 30.3 Å². The minimum absolute atomic E-state index is 0.0196. The maximum Gasteiger partial charge on any atom is 0.314 e. The molecule has 6 heteroatoms. The molecule has 0 bridgehead atoms. The third-order valence-electron chi connectivity index (χ3n) is 5.16. The summed E-state index contributed by atoms with van der Waals surface area (Å²) in [4.78, 5) is 24.6. The first kappa shape index (κ1) is 17.8. The summed E-state index contributed by atoms with van der Waals surface area (Å²) in [6.45, 7) is 5.30. The van der Waals surface area contributed by atoms with Gasteiger partial charge >= 0.3 is 5.97 Å². The van der Waals surface area contributed by atoms with Gasteiger partial charge in [0.2, 0.25) is 5.75 Å². The van der Waals surface area contributed by atoms with Gasteiger partial charge in [-0.05, 0) is 50.5 Å². The Morgan fingerprint density at radius 2 is 1.83 bits per heavy atom. The summed E-state index contributed by atoms with van der Waals surface area (Å²) < 4.78 is 44.3. The molecule has 6 nitrogen and oxygen atoms in total. The molecule has 3 rings (SSSR count). The number of hydrogen-bond acceptors (Lipinski definition) is 6. The highest BCUT2D eigenvalue weighted by atomic mass is 16.5. The average molecular weight is 416 g/mol. The van der Waals surface area contributed by atoms with Crippen LogP contribution in [0.1, 0.15) is 47.2 Å². The highest BCUT2D eigenvalue weighted by Gasteiger charge is 2.32. The molecule has 30 heavy (non-hydrogen) atoms. The second kappa shape index (κ2) is 8.78. The maximum atomic E-state index is 12.4. The molecule has 0 saturated carbocycles. The molecule has 0 radical (unpaired) electrons. The highest BCUT2D eigenvalue weighted by molar-refractivity contribution is 6.02. The van der Waals surface area contributed by atoms with Crippen LogP contribution >= 0.6 is 0 Å². The lowest BCUT2D eigenvalue weighted by molar-refractivity contribution is -0.155.